The minimum Gasteiger partial charge on any atom is -0.373 e. The van der Waals surface area contributed by atoms with Crippen molar-refractivity contribution in [3.63, 3.8) is 0 Å². The predicted octanol–water partition coefficient (Wildman–Crippen LogP) is 0.960. The van der Waals surface area contributed by atoms with E-state index in [1.165, 1.54) is 0 Å². The van der Waals surface area contributed by atoms with Gasteiger partial charge in [-0.2, -0.15) is 0 Å². The topological polar surface area (TPSA) is 81.8 Å². The molecule has 0 aromatic heterocycles. The lowest BCUT2D eigenvalue weighted by Crippen LogP contribution is -2.47. The number of hydrogen-bond donors (Lipinski definition) is 2. The molecular weight excluding hydrogens is 320 g/mol. The normalized spacial score (nSPS) is 22.7. The molecule has 1 aliphatic carbocycles. The van der Waals surface area contributed by atoms with Crippen molar-refractivity contribution in [2.75, 3.05) is 31.6 Å². The van der Waals surface area contributed by atoms with Gasteiger partial charge in [0, 0.05) is 25.8 Å². The van der Waals surface area contributed by atoms with Crippen LogP contribution in [0.3, 0.4) is 0 Å². The Morgan fingerprint density at radius 1 is 1.32 bits per heavy atom. The van der Waals surface area contributed by atoms with Crippen LogP contribution in [0, 0.1) is 5.92 Å². The van der Waals surface area contributed by atoms with Gasteiger partial charge < -0.3 is 15.5 Å². The summed E-state index contributed by atoms with van der Waals surface area (Å²) in [6.45, 7) is 2.59. The van der Waals surface area contributed by atoms with Gasteiger partial charge in [0.2, 0.25) is 5.91 Å². The summed E-state index contributed by atoms with van der Waals surface area (Å²) in [5.74, 6) is -0.432. The molecule has 2 N–H and O–H groups in total. The van der Waals surface area contributed by atoms with Crippen LogP contribution < -0.4 is 15.5 Å². The van der Waals surface area contributed by atoms with Crippen molar-refractivity contribution in [2.45, 2.75) is 25.3 Å². The van der Waals surface area contributed by atoms with Crippen LogP contribution in [0.4, 0.5) is 10.5 Å². The molecule has 0 radical (unpaired) electrons. The van der Waals surface area contributed by atoms with Crippen LogP contribution in [-0.2, 0) is 9.59 Å². The van der Waals surface area contributed by atoms with Crippen molar-refractivity contribution >= 4 is 23.5 Å². The lowest BCUT2D eigenvalue weighted by Gasteiger charge is -2.21. The maximum Gasteiger partial charge on any atom is 0.325 e. The largest absolute Gasteiger partial charge is 0.373 e. The highest BCUT2D eigenvalue weighted by molar-refractivity contribution is 6.09. The van der Waals surface area contributed by atoms with E-state index in [1.54, 1.807) is 6.92 Å². The van der Waals surface area contributed by atoms with Crippen LogP contribution in [0.15, 0.2) is 30.3 Å². The van der Waals surface area contributed by atoms with E-state index >= 15 is 0 Å². The summed E-state index contributed by atoms with van der Waals surface area (Å²) >= 11 is 0. The minimum atomic E-state index is -0.842. The average molecular weight is 344 g/mol. The van der Waals surface area contributed by atoms with Gasteiger partial charge in [-0.25, -0.2) is 4.79 Å². The summed E-state index contributed by atoms with van der Waals surface area (Å²) in [5, 5.41) is 5.51. The van der Waals surface area contributed by atoms with E-state index in [-0.39, 0.29) is 24.3 Å². The Hall–Kier alpha value is -2.57. The van der Waals surface area contributed by atoms with Gasteiger partial charge >= 0.3 is 6.03 Å². The average Bonchev–Trinajstić information content (AvgIpc) is 3.42. The first-order valence-corrected chi connectivity index (χ1v) is 8.59. The van der Waals surface area contributed by atoms with E-state index in [4.69, 9.17) is 0 Å². The molecular formula is C18H24N4O3. The lowest BCUT2D eigenvalue weighted by molar-refractivity contribution is -0.135. The van der Waals surface area contributed by atoms with E-state index in [0.717, 1.165) is 23.4 Å². The van der Waals surface area contributed by atoms with Gasteiger partial charge in [0.25, 0.3) is 5.91 Å². The zero-order chi connectivity index (χ0) is 18.0. The number of likely N-dealkylation sites (N-methyl/N-ethyl adjacent to an activating group) is 1. The van der Waals surface area contributed by atoms with E-state index < -0.39 is 11.6 Å². The molecule has 1 saturated carbocycles. The van der Waals surface area contributed by atoms with Gasteiger partial charge in [0.1, 0.15) is 12.1 Å². The summed E-state index contributed by atoms with van der Waals surface area (Å²) in [7, 11) is 1.94. The Kier molecular flexibility index (Phi) is 4.65. The summed E-state index contributed by atoms with van der Waals surface area (Å²) in [6, 6.07) is 9.38. The smallest absolute Gasteiger partial charge is 0.325 e. The monoisotopic (exact) mass is 344 g/mol. The molecule has 1 atom stereocenters. The van der Waals surface area contributed by atoms with Crippen LogP contribution in [0.5, 0.6) is 0 Å². The first kappa shape index (κ1) is 17.3. The second kappa shape index (κ2) is 6.74. The van der Waals surface area contributed by atoms with Crippen LogP contribution in [-0.4, -0.2) is 55.0 Å². The molecule has 1 aliphatic heterocycles. The number of para-hydroxylation sites is 1. The van der Waals surface area contributed by atoms with E-state index in [9.17, 15) is 14.4 Å². The fourth-order valence-electron chi connectivity index (χ4n) is 3.17. The fraction of sp³-hybridized carbons (Fsp3) is 0.500. The molecule has 1 aromatic carbocycles. The Morgan fingerprint density at radius 3 is 2.64 bits per heavy atom. The fourth-order valence-corrected chi connectivity index (χ4v) is 3.17. The number of anilines is 1. The molecule has 2 aliphatic rings. The zero-order valence-electron chi connectivity index (χ0n) is 14.6. The lowest BCUT2D eigenvalue weighted by atomic mass is 9.96. The molecule has 1 saturated heterocycles. The van der Waals surface area contributed by atoms with Crippen LogP contribution in [0.25, 0.3) is 0 Å². The highest BCUT2D eigenvalue weighted by atomic mass is 16.2. The van der Waals surface area contributed by atoms with Gasteiger partial charge in [-0.1, -0.05) is 18.2 Å². The summed E-state index contributed by atoms with van der Waals surface area (Å²) in [4.78, 5) is 39.7. The van der Waals surface area contributed by atoms with Gasteiger partial charge in [-0.15, -0.1) is 0 Å². The highest BCUT2D eigenvalue weighted by Gasteiger charge is 2.56. The molecule has 25 heavy (non-hydrogen) atoms. The zero-order valence-corrected chi connectivity index (χ0v) is 14.6. The van der Waals surface area contributed by atoms with Crippen molar-refractivity contribution in [1.29, 1.82) is 0 Å². The third kappa shape index (κ3) is 3.60. The third-order valence-corrected chi connectivity index (χ3v) is 4.96. The Bertz CT molecular complexity index is 674. The highest BCUT2D eigenvalue weighted by Crippen LogP contribution is 2.42. The molecule has 134 valence electrons. The molecule has 0 spiro atoms. The molecule has 3 rings (SSSR count). The predicted molar refractivity (Wildman–Crippen MR) is 94.1 cm³/mol. The van der Waals surface area contributed by atoms with Gasteiger partial charge in [-0.05, 0) is 37.8 Å². The van der Waals surface area contributed by atoms with E-state index in [1.807, 2.05) is 42.3 Å². The summed E-state index contributed by atoms with van der Waals surface area (Å²) in [6.07, 6.45) is 1.88. The molecule has 1 unspecified atom stereocenters. The van der Waals surface area contributed by atoms with E-state index in [0.29, 0.717) is 13.1 Å². The maximum absolute atomic E-state index is 12.5. The third-order valence-electron chi connectivity index (χ3n) is 4.96. The van der Waals surface area contributed by atoms with Crippen LogP contribution in [0.2, 0.25) is 0 Å². The minimum absolute atomic E-state index is 0.191. The molecule has 7 nitrogen and oxygen atoms in total. The SMILES string of the molecule is CN(CCNC(=O)CN1C(=O)NC(C)(C2CC2)C1=O)c1ccccc1. The second-order valence-electron chi connectivity index (χ2n) is 6.91. The van der Waals surface area contributed by atoms with E-state index in [2.05, 4.69) is 10.6 Å². The maximum atomic E-state index is 12.5. The number of urea groups is 1. The molecule has 2 fully saturated rings. The summed E-state index contributed by atoms with van der Waals surface area (Å²) < 4.78 is 0. The van der Waals surface area contributed by atoms with Crippen molar-refractivity contribution in [3.05, 3.63) is 30.3 Å². The second-order valence-corrected chi connectivity index (χ2v) is 6.91. The van der Waals surface area contributed by atoms with Gasteiger partial charge in [-0.3, -0.25) is 14.5 Å². The molecule has 0 bridgehead atoms. The number of amides is 4. The molecule has 7 heteroatoms. The molecule has 1 heterocycles. The standard InChI is InChI=1S/C18H24N4O3/c1-18(13-8-9-13)16(24)22(17(25)20-18)12-15(23)19-10-11-21(2)14-6-4-3-5-7-14/h3-7,13H,8-12H2,1-2H3,(H,19,23)(H,20,25). The quantitative estimate of drug-likeness (QED) is 0.722. The Labute approximate surface area is 147 Å². The van der Waals surface area contributed by atoms with Crippen molar-refractivity contribution in [1.82, 2.24) is 15.5 Å². The Balaban J connectivity index is 1.46. The number of carbonyl (C=O) groups is 3. The number of benzene rings is 1. The van der Waals surface area contributed by atoms with Crippen molar-refractivity contribution in [2.24, 2.45) is 5.92 Å². The molecule has 1 aromatic rings. The number of rotatable bonds is 7. The number of imide groups is 1. The van der Waals surface area contributed by atoms with Crippen molar-refractivity contribution in [3.8, 4) is 0 Å². The number of hydrogen-bond acceptors (Lipinski definition) is 4. The summed E-state index contributed by atoms with van der Waals surface area (Å²) in [5.41, 5.74) is 0.219. The Morgan fingerprint density at radius 2 is 2.00 bits per heavy atom. The molecule has 4 amide bonds. The first-order valence-electron chi connectivity index (χ1n) is 8.59. The van der Waals surface area contributed by atoms with Crippen LogP contribution in [0.1, 0.15) is 19.8 Å². The first-order chi connectivity index (χ1) is 11.9. The number of nitrogens with one attached hydrogen (secondary N) is 2. The number of carbonyl (C=O) groups excluding carboxylic acids is 3. The number of nitrogens with zero attached hydrogens (tertiary/aromatic N) is 2. The van der Waals surface area contributed by atoms with Gasteiger partial charge in [0.15, 0.2) is 0 Å². The van der Waals surface area contributed by atoms with Crippen molar-refractivity contribution < 1.29 is 14.4 Å². The van der Waals surface area contributed by atoms with Crippen LogP contribution >= 0.6 is 0 Å². The van der Waals surface area contributed by atoms with Gasteiger partial charge in [0.05, 0.1) is 0 Å².